The van der Waals surface area contributed by atoms with Gasteiger partial charge in [-0.15, -0.1) is 0 Å². The Hall–Kier alpha value is -0.460. The van der Waals surface area contributed by atoms with E-state index in [1.807, 2.05) is 0 Å². The van der Waals surface area contributed by atoms with Gasteiger partial charge in [0.25, 0.3) is 0 Å². The van der Waals surface area contributed by atoms with Gasteiger partial charge in [0, 0.05) is 12.2 Å². The molecule has 1 aliphatic rings. The molecule has 10 heavy (non-hydrogen) atoms. The molecule has 1 rings (SSSR count). The van der Waals surface area contributed by atoms with Crippen molar-refractivity contribution in [3.8, 4) is 0 Å². The van der Waals surface area contributed by atoms with Crippen molar-refractivity contribution >= 4 is 0 Å². The largest absolute Gasteiger partial charge is 0.388 e. The third-order valence-electron chi connectivity index (χ3n) is 2.26. The van der Waals surface area contributed by atoms with Crippen LogP contribution >= 0.6 is 0 Å². The summed E-state index contributed by atoms with van der Waals surface area (Å²) in [7, 11) is 0. The summed E-state index contributed by atoms with van der Waals surface area (Å²) in [4.78, 5) is 0. The molecule has 0 aromatic heterocycles. The average Bonchev–Trinajstić information content (AvgIpc) is 2.12. The van der Waals surface area contributed by atoms with Crippen LogP contribution in [0.1, 0.15) is 33.1 Å². The van der Waals surface area contributed by atoms with Crippen molar-refractivity contribution < 1.29 is 0 Å². The number of nitrogens with one attached hydrogen (secondary N) is 1. The zero-order chi connectivity index (χ0) is 7.61. The Morgan fingerprint density at radius 2 is 2.40 bits per heavy atom. The molecule has 1 N–H and O–H groups in total. The molecule has 1 saturated heterocycles. The Morgan fingerprint density at radius 1 is 1.70 bits per heavy atom. The second-order valence-electron chi connectivity index (χ2n) is 3.69. The van der Waals surface area contributed by atoms with Crippen LogP contribution in [0.25, 0.3) is 0 Å². The van der Waals surface area contributed by atoms with Crippen molar-refractivity contribution in [2.24, 2.45) is 5.41 Å². The molecular formula is C9H17N. The lowest BCUT2D eigenvalue weighted by molar-refractivity contribution is 0.334. The second kappa shape index (κ2) is 2.65. The van der Waals surface area contributed by atoms with Crippen LogP contribution < -0.4 is 5.32 Å². The summed E-state index contributed by atoms with van der Waals surface area (Å²) in [5.41, 5.74) is 1.72. The van der Waals surface area contributed by atoms with Gasteiger partial charge in [0.05, 0.1) is 0 Å². The molecule has 1 nitrogen and oxygen atoms in total. The summed E-state index contributed by atoms with van der Waals surface area (Å²) < 4.78 is 0. The van der Waals surface area contributed by atoms with Crippen molar-refractivity contribution in [2.45, 2.75) is 33.1 Å². The first-order chi connectivity index (χ1) is 4.66. The van der Waals surface area contributed by atoms with Crippen molar-refractivity contribution in [3.05, 3.63) is 12.3 Å². The summed E-state index contributed by atoms with van der Waals surface area (Å²) in [6, 6.07) is 0. The van der Waals surface area contributed by atoms with E-state index in [9.17, 15) is 0 Å². The highest BCUT2D eigenvalue weighted by molar-refractivity contribution is 5.05. The van der Waals surface area contributed by atoms with E-state index in [1.165, 1.54) is 25.0 Å². The lowest BCUT2D eigenvalue weighted by atomic mass is 9.84. The average molecular weight is 139 g/mol. The molecule has 1 fully saturated rings. The summed E-state index contributed by atoms with van der Waals surface area (Å²) in [5, 5.41) is 3.30. The maximum Gasteiger partial charge on any atom is 0.0201 e. The number of rotatable bonds is 2. The van der Waals surface area contributed by atoms with Gasteiger partial charge in [-0.05, 0) is 18.3 Å². The quantitative estimate of drug-likeness (QED) is 0.619. The normalized spacial score (nSPS) is 32.4. The standard InChI is InChI=1S/C9H17N/c1-4-5-9(3)6-8(2)10-7-9/h10H,2,4-7H2,1,3H3. The molecule has 0 radical (unpaired) electrons. The molecule has 1 heterocycles. The summed E-state index contributed by atoms with van der Waals surface area (Å²) in [6.45, 7) is 9.62. The minimum absolute atomic E-state index is 0.506. The van der Waals surface area contributed by atoms with Gasteiger partial charge in [-0.2, -0.15) is 0 Å². The van der Waals surface area contributed by atoms with Crippen LogP contribution in [0.3, 0.4) is 0 Å². The van der Waals surface area contributed by atoms with Gasteiger partial charge >= 0.3 is 0 Å². The van der Waals surface area contributed by atoms with Gasteiger partial charge in [0.1, 0.15) is 0 Å². The van der Waals surface area contributed by atoms with Crippen molar-refractivity contribution in [2.75, 3.05) is 6.54 Å². The lowest BCUT2D eigenvalue weighted by Crippen LogP contribution is -2.19. The van der Waals surface area contributed by atoms with Gasteiger partial charge < -0.3 is 5.32 Å². The van der Waals surface area contributed by atoms with E-state index in [4.69, 9.17) is 0 Å². The zero-order valence-corrected chi connectivity index (χ0v) is 7.04. The van der Waals surface area contributed by atoms with Crippen molar-refractivity contribution in [1.82, 2.24) is 5.32 Å². The minimum atomic E-state index is 0.506. The van der Waals surface area contributed by atoms with E-state index in [0.717, 1.165) is 6.54 Å². The van der Waals surface area contributed by atoms with Crippen LogP contribution in [-0.4, -0.2) is 6.54 Å². The predicted octanol–water partition coefficient (Wildman–Crippen LogP) is 2.30. The zero-order valence-electron chi connectivity index (χ0n) is 7.04. The van der Waals surface area contributed by atoms with Crippen LogP contribution in [0.2, 0.25) is 0 Å². The predicted molar refractivity (Wildman–Crippen MR) is 44.8 cm³/mol. The number of hydrogen-bond donors (Lipinski definition) is 1. The Bertz CT molecular complexity index is 140. The summed E-state index contributed by atoms with van der Waals surface area (Å²) >= 11 is 0. The molecule has 0 aromatic carbocycles. The first-order valence-corrected chi connectivity index (χ1v) is 4.08. The van der Waals surface area contributed by atoms with Gasteiger partial charge in [-0.3, -0.25) is 0 Å². The highest BCUT2D eigenvalue weighted by atomic mass is 14.9. The molecule has 0 spiro atoms. The summed E-state index contributed by atoms with van der Waals surface area (Å²) in [5.74, 6) is 0. The summed E-state index contributed by atoms with van der Waals surface area (Å²) in [6.07, 6.45) is 3.77. The molecule has 1 heteroatoms. The van der Waals surface area contributed by atoms with Crippen LogP contribution in [0, 0.1) is 5.41 Å². The maximum absolute atomic E-state index is 3.92. The van der Waals surface area contributed by atoms with Gasteiger partial charge in [0.2, 0.25) is 0 Å². The minimum Gasteiger partial charge on any atom is -0.388 e. The Labute approximate surface area is 63.5 Å². The monoisotopic (exact) mass is 139 g/mol. The first-order valence-electron chi connectivity index (χ1n) is 4.08. The molecule has 58 valence electrons. The van der Waals surface area contributed by atoms with E-state index >= 15 is 0 Å². The fourth-order valence-corrected chi connectivity index (χ4v) is 1.76. The Balaban J connectivity index is 2.46. The van der Waals surface area contributed by atoms with Crippen LogP contribution in [0.5, 0.6) is 0 Å². The van der Waals surface area contributed by atoms with Crippen LogP contribution in [0.4, 0.5) is 0 Å². The van der Waals surface area contributed by atoms with Gasteiger partial charge in [0.15, 0.2) is 0 Å². The Kier molecular flexibility index (Phi) is 2.02. The van der Waals surface area contributed by atoms with Crippen molar-refractivity contribution in [3.63, 3.8) is 0 Å². The smallest absolute Gasteiger partial charge is 0.0201 e. The highest BCUT2D eigenvalue weighted by Gasteiger charge is 2.29. The van der Waals surface area contributed by atoms with E-state index in [-0.39, 0.29) is 0 Å². The molecule has 0 bridgehead atoms. The molecule has 1 unspecified atom stereocenters. The van der Waals surface area contributed by atoms with Crippen LogP contribution in [0.15, 0.2) is 12.3 Å². The fourth-order valence-electron chi connectivity index (χ4n) is 1.76. The van der Waals surface area contributed by atoms with Crippen molar-refractivity contribution in [1.29, 1.82) is 0 Å². The lowest BCUT2D eigenvalue weighted by Gasteiger charge is -2.20. The SMILES string of the molecule is C=C1CC(C)(CCC)CN1. The molecule has 0 aromatic rings. The molecule has 0 saturated carbocycles. The third kappa shape index (κ3) is 1.53. The fraction of sp³-hybridized carbons (Fsp3) is 0.778. The maximum atomic E-state index is 3.92. The van der Waals surface area contributed by atoms with Gasteiger partial charge in [-0.1, -0.05) is 26.8 Å². The molecule has 1 atom stereocenters. The second-order valence-corrected chi connectivity index (χ2v) is 3.69. The van der Waals surface area contributed by atoms with E-state index in [0.29, 0.717) is 5.41 Å². The number of hydrogen-bond acceptors (Lipinski definition) is 1. The number of allylic oxidation sites excluding steroid dienone is 1. The molecule has 0 amide bonds. The molecular weight excluding hydrogens is 122 g/mol. The Morgan fingerprint density at radius 3 is 2.80 bits per heavy atom. The van der Waals surface area contributed by atoms with E-state index in [1.54, 1.807) is 0 Å². The van der Waals surface area contributed by atoms with Crippen LogP contribution in [-0.2, 0) is 0 Å². The first kappa shape index (κ1) is 7.64. The highest BCUT2D eigenvalue weighted by Crippen LogP contribution is 2.33. The topological polar surface area (TPSA) is 12.0 Å². The molecule has 1 aliphatic heterocycles. The van der Waals surface area contributed by atoms with E-state index in [2.05, 4.69) is 25.7 Å². The third-order valence-corrected chi connectivity index (χ3v) is 2.26. The molecule has 0 aliphatic carbocycles. The van der Waals surface area contributed by atoms with Gasteiger partial charge in [-0.25, -0.2) is 0 Å². The van der Waals surface area contributed by atoms with E-state index < -0.39 is 0 Å².